The molecule has 1 aromatic rings. The third-order valence-electron chi connectivity index (χ3n) is 4.50. The highest BCUT2D eigenvalue weighted by molar-refractivity contribution is 7.90. The van der Waals surface area contributed by atoms with E-state index in [2.05, 4.69) is 15.6 Å². The van der Waals surface area contributed by atoms with Crippen LogP contribution in [0.1, 0.15) is 31.9 Å². The van der Waals surface area contributed by atoms with Crippen LogP contribution in [0.2, 0.25) is 0 Å². The van der Waals surface area contributed by atoms with Crippen LogP contribution in [0.5, 0.6) is 0 Å². The van der Waals surface area contributed by atoms with Crippen LogP contribution < -0.4 is 10.6 Å². The second-order valence-electron chi connectivity index (χ2n) is 6.67. The van der Waals surface area contributed by atoms with E-state index >= 15 is 0 Å². The topological polar surface area (TPSA) is 86.9 Å². The first-order valence-electron chi connectivity index (χ1n) is 9.35. The van der Waals surface area contributed by atoms with E-state index in [1.807, 2.05) is 19.1 Å². The van der Waals surface area contributed by atoms with Crippen molar-refractivity contribution in [1.82, 2.24) is 14.9 Å². The normalized spacial score (nSPS) is 17.6. The lowest BCUT2D eigenvalue weighted by molar-refractivity contribution is -0.0496. The Hall–Kier alpha value is -1.75. The number of alkyl halides is 3. The number of piperidine rings is 1. The Balaban J connectivity index is 1.83. The molecule has 0 aliphatic carbocycles. The van der Waals surface area contributed by atoms with Crippen LogP contribution in [-0.4, -0.2) is 56.9 Å². The van der Waals surface area contributed by atoms with Crippen LogP contribution in [0, 0.1) is 5.92 Å². The number of nitrogens with one attached hydrogen (secondary N) is 2. The number of hydrogen-bond donors (Lipinski definition) is 2. The number of guanidine groups is 1. The lowest BCUT2D eigenvalue weighted by Crippen LogP contribution is -2.45. The van der Waals surface area contributed by atoms with Gasteiger partial charge in [-0.3, -0.25) is 4.99 Å². The summed E-state index contributed by atoms with van der Waals surface area (Å²) in [6.45, 7) is 3.57. The fraction of sp³-hybridized carbons (Fsp3) is 0.706. The molecule has 0 spiro atoms. The number of sulfonamides is 1. The van der Waals surface area contributed by atoms with Gasteiger partial charge in [-0.05, 0) is 37.3 Å². The molecule has 0 aromatic carbocycles. The van der Waals surface area contributed by atoms with Gasteiger partial charge >= 0.3 is 15.5 Å². The third kappa shape index (κ3) is 6.40. The standard InChI is InChI=1S/C17H27F3N4O3S/c1-2-8-21-16(22-9-5-15-4-3-12-27-15)23-13-14-6-10-24(11-7-14)28(25,26)17(18,19)20/h3-4,12,14H,2,5-11,13H2,1H3,(H2,21,22,23). The van der Waals surface area contributed by atoms with Gasteiger partial charge in [-0.2, -0.15) is 17.5 Å². The minimum Gasteiger partial charge on any atom is -0.469 e. The first-order valence-corrected chi connectivity index (χ1v) is 10.8. The van der Waals surface area contributed by atoms with Crippen LogP contribution in [0.4, 0.5) is 13.2 Å². The van der Waals surface area contributed by atoms with Crippen molar-refractivity contribution in [1.29, 1.82) is 0 Å². The number of aliphatic imine (C=N–C) groups is 1. The Morgan fingerprint density at radius 1 is 1.29 bits per heavy atom. The van der Waals surface area contributed by atoms with Crippen LogP contribution in [0.15, 0.2) is 27.8 Å². The zero-order chi connectivity index (χ0) is 20.6. The first-order chi connectivity index (χ1) is 13.2. The summed E-state index contributed by atoms with van der Waals surface area (Å²) in [6, 6.07) is 3.71. The molecule has 2 heterocycles. The van der Waals surface area contributed by atoms with Gasteiger partial charge in [-0.15, -0.1) is 0 Å². The predicted octanol–water partition coefficient (Wildman–Crippen LogP) is 2.33. The minimum absolute atomic E-state index is 0.0463. The van der Waals surface area contributed by atoms with Gasteiger partial charge in [0.2, 0.25) is 0 Å². The summed E-state index contributed by atoms with van der Waals surface area (Å²) in [5, 5.41) is 6.40. The fourth-order valence-corrected chi connectivity index (χ4v) is 3.86. The monoisotopic (exact) mass is 424 g/mol. The van der Waals surface area contributed by atoms with E-state index in [9.17, 15) is 21.6 Å². The molecule has 1 aromatic heterocycles. The van der Waals surface area contributed by atoms with Crippen molar-refractivity contribution < 1.29 is 26.0 Å². The molecule has 2 N–H and O–H groups in total. The summed E-state index contributed by atoms with van der Waals surface area (Å²) in [4.78, 5) is 4.51. The molecule has 0 unspecified atom stereocenters. The van der Waals surface area contributed by atoms with Gasteiger partial charge in [0, 0.05) is 39.1 Å². The van der Waals surface area contributed by atoms with E-state index in [0.29, 0.717) is 42.6 Å². The van der Waals surface area contributed by atoms with Gasteiger partial charge in [-0.1, -0.05) is 6.92 Å². The van der Waals surface area contributed by atoms with Crippen LogP contribution >= 0.6 is 0 Å². The molecule has 1 aliphatic heterocycles. The largest absolute Gasteiger partial charge is 0.511 e. The van der Waals surface area contributed by atoms with Gasteiger partial charge in [0.25, 0.3) is 0 Å². The second kappa shape index (κ2) is 10.1. The molecule has 0 saturated carbocycles. The van der Waals surface area contributed by atoms with Crippen molar-refractivity contribution in [2.45, 2.75) is 38.1 Å². The number of furan rings is 1. The first kappa shape index (κ1) is 22.5. The summed E-state index contributed by atoms with van der Waals surface area (Å²) in [5.41, 5.74) is -5.24. The molecule has 1 aliphatic rings. The SMILES string of the molecule is CCCNC(=NCC1CCN(S(=O)(=O)C(F)(F)F)CC1)NCCc1ccco1. The highest BCUT2D eigenvalue weighted by Gasteiger charge is 2.50. The van der Waals surface area contributed by atoms with E-state index < -0.39 is 15.5 Å². The van der Waals surface area contributed by atoms with Gasteiger partial charge in [-0.25, -0.2) is 8.42 Å². The zero-order valence-corrected chi connectivity index (χ0v) is 16.7. The van der Waals surface area contributed by atoms with E-state index in [1.54, 1.807) is 6.26 Å². The lowest BCUT2D eigenvalue weighted by atomic mass is 9.98. The van der Waals surface area contributed by atoms with Gasteiger partial charge in [0.05, 0.1) is 6.26 Å². The predicted molar refractivity (Wildman–Crippen MR) is 100 cm³/mol. The second-order valence-corrected chi connectivity index (χ2v) is 8.59. The molecule has 0 radical (unpaired) electrons. The maximum absolute atomic E-state index is 12.6. The third-order valence-corrected chi connectivity index (χ3v) is 6.13. The molecule has 1 saturated heterocycles. The molecule has 2 rings (SSSR count). The van der Waals surface area contributed by atoms with Crippen molar-refractivity contribution >= 4 is 16.0 Å². The average Bonchev–Trinajstić information content (AvgIpc) is 3.16. The van der Waals surface area contributed by atoms with E-state index in [1.165, 1.54) is 0 Å². The van der Waals surface area contributed by atoms with Crippen LogP contribution in [0.25, 0.3) is 0 Å². The van der Waals surface area contributed by atoms with Gasteiger partial charge < -0.3 is 15.1 Å². The van der Waals surface area contributed by atoms with Crippen molar-refractivity contribution in [2.24, 2.45) is 10.9 Å². The van der Waals surface area contributed by atoms with E-state index in [-0.39, 0.29) is 19.0 Å². The van der Waals surface area contributed by atoms with Crippen molar-refractivity contribution in [3.8, 4) is 0 Å². The molecule has 1 fully saturated rings. The summed E-state index contributed by atoms with van der Waals surface area (Å²) >= 11 is 0. The molecule has 28 heavy (non-hydrogen) atoms. The summed E-state index contributed by atoms with van der Waals surface area (Å²) < 4.78 is 66.6. The number of hydrogen-bond acceptors (Lipinski definition) is 4. The molecule has 0 amide bonds. The molecular weight excluding hydrogens is 397 g/mol. The van der Waals surface area contributed by atoms with Crippen molar-refractivity contribution in [3.63, 3.8) is 0 Å². The molecule has 0 bridgehead atoms. The Bertz CT molecular complexity index is 713. The summed E-state index contributed by atoms with van der Waals surface area (Å²) in [5.74, 6) is 1.55. The van der Waals surface area contributed by atoms with Gasteiger partial charge in [0.1, 0.15) is 5.76 Å². The van der Waals surface area contributed by atoms with Crippen molar-refractivity contribution in [3.05, 3.63) is 24.2 Å². The van der Waals surface area contributed by atoms with Crippen LogP contribution in [0.3, 0.4) is 0 Å². The minimum atomic E-state index is -5.24. The van der Waals surface area contributed by atoms with E-state index in [0.717, 1.165) is 18.7 Å². The Morgan fingerprint density at radius 2 is 1.96 bits per heavy atom. The van der Waals surface area contributed by atoms with E-state index in [4.69, 9.17) is 4.42 Å². The molecule has 11 heteroatoms. The maximum Gasteiger partial charge on any atom is 0.511 e. The molecular formula is C17H27F3N4O3S. The lowest BCUT2D eigenvalue weighted by Gasteiger charge is -2.30. The molecule has 7 nitrogen and oxygen atoms in total. The average molecular weight is 424 g/mol. The summed E-state index contributed by atoms with van der Waals surface area (Å²) in [7, 11) is -5.24. The quantitative estimate of drug-likeness (QED) is 0.494. The number of nitrogens with zero attached hydrogens (tertiary/aromatic N) is 2. The highest BCUT2D eigenvalue weighted by atomic mass is 32.2. The molecule has 160 valence electrons. The Kier molecular flexibility index (Phi) is 8.17. The molecule has 0 atom stereocenters. The Labute approximate surface area is 163 Å². The summed E-state index contributed by atoms with van der Waals surface area (Å²) in [6.07, 6.45) is 3.95. The Morgan fingerprint density at radius 3 is 2.54 bits per heavy atom. The zero-order valence-electron chi connectivity index (χ0n) is 15.8. The highest BCUT2D eigenvalue weighted by Crippen LogP contribution is 2.30. The van der Waals surface area contributed by atoms with Gasteiger partial charge in [0.15, 0.2) is 5.96 Å². The number of rotatable bonds is 8. The smallest absolute Gasteiger partial charge is 0.469 e. The fourth-order valence-electron chi connectivity index (χ4n) is 2.88. The van der Waals surface area contributed by atoms with Crippen LogP contribution in [-0.2, 0) is 16.4 Å². The number of halogens is 3. The van der Waals surface area contributed by atoms with Crippen molar-refractivity contribution in [2.75, 3.05) is 32.7 Å². The maximum atomic E-state index is 12.6.